The highest BCUT2D eigenvalue weighted by Gasteiger charge is 2.09. The lowest BCUT2D eigenvalue weighted by Gasteiger charge is -2.07. The van der Waals surface area contributed by atoms with Gasteiger partial charge in [-0.2, -0.15) is 0 Å². The molecular formula is C23H26Cl2N4O4. The summed E-state index contributed by atoms with van der Waals surface area (Å²) < 4.78 is 0. The van der Waals surface area contributed by atoms with Crippen molar-refractivity contribution >= 4 is 58.5 Å². The fourth-order valence-electron chi connectivity index (χ4n) is 2.87. The molecule has 2 aromatic carbocycles. The van der Waals surface area contributed by atoms with E-state index in [-0.39, 0.29) is 24.7 Å². The molecule has 0 aromatic heterocycles. The molecule has 0 bridgehead atoms. The smallest absolute Gasteiger partial charge is 0.308 e. The van der Waals surface area contributed by atoms with Gasteiger partial charge in [-0.05, 0) is 61.4 Å². The number of imide groups is 2. The highest BCUT2D eigenvalue weighted by Crippen LogP contribution is 2.14. The number of urea groups is 2. The number of benzene rings is 2. The molecule has 0 aliphatic carbocycles. The van der Waals surface area contributed by atoms with Crippen LogP contribution in [0, 0.1) is 0 Å². The van der Waals surface area contributed by atoms with Gasteiger partial charge in [-0.25, -0.2) is 9.59 Å². The molecule has 0 spiro atoms. The molecule has 0 saturated carbocycles. The Hall–Kier alpha value is -3.10. The molecule has 4 N–H and O–H groups in total. The molecule has 0 unspecified atom stereocenters. The molecule has 0 aliphatic rings. The number of hydrogen-bond donors (Lipinski definition) is 4. The van der Waals surface area contributed by atoms with Crippen molar-refractivity contribution in [3.63, 3.8) is 0 Å². The zero-order valence-electron chi connectivity index (χ0n) is 18.0. The van der Waals surface area contributed by atoms with Crippen molar-refractivity contribution in [3.05, 3.63) is 58.6 Å². The van der Waals surface area contributed by atoms with Crippen LogP contribution < -0.4 is 21.3 Å². The summed E-state index contributed by atoms with van der Waals surface area (Å²) in [6, 6.07) is 11.9. The average Bonchev–Trinajstić information content (AvgIpc) is 2.76. The number of unbranched alkanes of at least 4 members (excludes halogenated alkanes) is 4. The van der Waals surface area contributed by atoms with E-state index in [1.807, 2.05) is 0 Å². The van der Waals surface area contributed by atoms with E-state index in [9.17, 15) is 19.2 Å². The van der Waals surface area contributed by atoms with Gasteiger partial charge in [0.25, 0.3) is 0 Å². The van der Waals surface area contributed by atoms with Gasteiger partial charge in [0.2, 0.25) is 11.8 Å². The van der Waals surface area contributed by atoms with E-state index in [1.165, 1.54) is 0 Å². The van der Waals surface area contributed by atoms with Crippen molar-refractivity contribution in [1.29, 1.82) is 0 Å². The maximum atomic E-state index is 11.8. The first-order chi connectivity index (χ1) is 15.8. The summed E-state index contributed by atoms with van der Waals surface area (Å²) in [5, 5.41) is 10.8. The number of amides is 6. The molecule has 0 radical (unpaired) electrons. The van der Waals surface area contributed by atoms with Gasteiger partial charge in [-0.3, -0.25) is 20.2 Å². The van der Waals surface area contributed by atoms with Gasteiger partial charge in [-0.1, -0.05) is 42.5 Å². The third-order valence-corrected chi connectivity index (χ3v) is 5.02. The van der Waals surface area contributed by atoms with Crippen LogP contribution in [0.4, 0.5) is 21.0 Å². The topological polar surface area (TPSA) is 116 Å². The van der Waals surface area contributed by atoms with Gasteiger partial charge in [-0.15, -0.1) is 0 Å². The average molecular weight is 493 g/mol. The predicted molar refractivity (Wildman–Crippen MR) is 130 cm³/mol. The molecular weight excluding hydrogens is 467 g/mol. The van der Waals surface area contributed by atoms with E-state index in [0.29, 0.717) is 34.3 Å². The quantitative estimate of drug-likeness (QED) is 0.317. The molecule has 2 aromatic rings. The first-order valence-corrected chi connectivity index (χ1v) is 11.3. The molecule has 0 saturated heterocycles. The van der Waals surface area contributed by atoms with Gasteiger partial charge in [0.1, 0.15) is 0 Å². The standard InChI is InChI=1S/C23H26Cl2N4O4/c24-16-8-12-18(13-9-16)26-22(32)28-20(30)6-4-2-1-3-5-7-21(31)29-23(33)27-19-14-10-17(25)11-15-19/h8-15H,1-7H2,(H2,26,28,30,32)(H2,27,29,31,33). The lowest BCUT2D eigenvalue weighted by Crippen LogP contribution is -2.34. The highest BCUT2D eigenvalue weighted by molar-refractivity contribution is 6.31. The Morgan fingerprint density at radius 1 is 0.545 bits per heavy atom. The Bertz CT molecular complexity index is 872. The summed E-state index contributed by atoms with van der Waals surface area (Å²) in [5.74, 6) is -0.708. The summed E-state index contributed by atoms with van der Waals surface area (Å²) in [6.07, 6.45) is 4.18. The minimum atomic E-state index is -0.589. The van der Waals surface area contributed by atoms with E-state index < -0.39 is 12.1 Å². The van der Waals surface area contributed by atoms with E-state index >= 15 is 0 Å². The SMILES string of the molecule is O=C(CCCCCCCC(=O)NC(=O)Nc1ccc(Cl)cc1)NC(=O)Nc1ccc(Cl)cc1. The first-order valence-electron chi connectivity index (χ1n) is 10.5. The molecule has 6 amide bonds. The maximum Gasteiger partial charge on any atom is 0.325 e. The Kier molecular flexibility index (Phi) is 11.2. The van der Waals surface area contributed by atoms with Crippen LogP contribution in [0.25, 0.3) is 0 Å². The monoisotopic (exact) mass is 492 g/mol. The molecule has 176 valence electrons. The van der Waals surface area contributed by atoms with Crippen molar-refractivity contribution in [3.8, 4) is 0 Å². The van der Waals surface area contributed by atoms with E-state index in [2.05, 4.69) is 21.3 Å². The number of carbonyl (C=O) groups is 4. The van der Waals surface area contributed by atoms with Crippen LogP contribution in [0.2, 0.25) is 10.0 Å². The van der Waals surface area contributed by atoms with Crippen molar-refractivity contribution in [2.75, 3.05) is 10.6 Å². The third-order valence-electron chi connectivity index (χ3n) is 4.52. The number of halogens is 2. The molecule has 0 aliphatic heterocycles. The minimum Gasteiger partial charge on any atom is -0.308 e. The Morgan fingerprint density at radius 2 is 0.879 bits per heavy atom. The molecule has 33 heavy (non-hydrogen) atoms. The maximum absolute atomic E-state index is 11.8. The van der Waals surface area contributed by atoms with Gasteiger partial charge < -0.3 is 10.6 Å². The molecule has 8 nitrogen and oxygen atoms in total. The fraction of sp³-hybridized carbons (Fsp3) is 0.304. The lowest BCUT2D eigenvalue weighted by molar-refractivity contribution is -0.120. The molecule has 0 atom stereocenters. The molecule has 2 rings (SSSR count). The normalized spacial score (nSPS) is 10.2. The third kappa shape index (κ3) is 11.4. The lowest BCUT2D eigenvalue weighted by atomic mass is 10.1. The second-order valence-corrected chi connectivity index (χ2v) is 8.16. The number of carbonyl (C=O) groups excluding carboxylic acids is 4. The Labute approximate surface area is 202 Å². The summed E-state index contributed by atoms with van der Waals surface area (Å²) in [7, 11) is 0. The van der Waals surface area contributed by atoms with Crippen LogP contribution in [0.5, 0.6) is 0 Å². The van der Waals surface area contributed by atoms with Crippen LogP contribution in [0.1, 0.15) is 44.9 Å². The predicted octanol–water partition coefficient (Wildman–Crippen LogP) is 5.72. The van der Waals surface area contributed by atoms with Crippen molar-refractivity contribution in [2.24, 2.45) is 0 Å². The summed E-state index contributed by atoms with van der Waals surface area (Å²) >= 11 is 11.6. The van der Waals surface area contributed by atoms with Gasteiger partial charge >= 0.3 is 12.1 Å². The van der Waals surface area contributed by atoms with Crippen LogP contribution in [-0.4, -0.2) is 23.9 Å². The van der Waals surface area contributed by atoms with Crippen molar-refractivity contribution in [1.82, 2.24) is 10.6 Å². The number of rotatable bonds is 10. The molecule has 10 heteroatoms. The van der Waals surface area contributed by atoms with Crippen LogP contribution in [-0.2, 0) is 9.59 Å². The summed E-state index contributed by atoms with van der Waals surface area (Å²) in [4.78, 5) is 47.3. The highest BCUT2D eigenvalue weighted by atomic mass is 35.5. The van der Waals surface area contributed by atoms with E-state index in [1.54, 1.807) is 48.5 Å². The number of anilines is 2. The first kappa shape index (κ1) is 26.2. The Morgan fingerprint density at radius 3 is 1.24 bits per heavy atom. The number of hydrogen-bond acceptors (Lipinski definition) is 4. The molecule has 0 fully saturated rings. The van der Waals surface area contributed by atoms with Crippen LogP contribution in [0.15, 0.2) is 48.5 Å². The minimum absolute atomic E-state index is 0.236. The largest absolute Gasteiger partial charge is 0.325 e. The van der Waals surface area contributed by atoms with Crippen molar-refractivity contribution < 1.29 is 19.2 Å². The van der Waals surface area contributed by atoms with E-state index in [0.717, 1.165) is 19.3 Å². The Balaban J connectivity index is 1.48. The fourth-order valence-corrected chi connectivity index (χ4v) is 3.12. The van der Waals surface area contributed by atoms with Gasteiger partial charge in [0, 0.05) is 34.3 Å². The van der Waals surface area contributed by atoms with Crippen molar-refractivity contribution in [2.45, 2.75) is 44.9 Å². The van der Waals surface area contributed by atoms with Crippen LogP contribution >= 0.6 is 23.2 Å². The second-order valence-electron chi connectivity index (χ2n) is 7.29. The second kappa shape index (κ2) is 14.1. The molecule has 0 heterocycles. The zero-order chi connectivity index (χ0) is 24.1. The van der Waals surface area contributed by atoms with E-state index in [4.69, 9.17) is 23.2 Å². The van der Waals surface area contributed by atoms with Gasteiger partial charge in [0.05, 0.1) is 0 Å². The zero-order valence-corrected chi connectivity index (χ0v) is 19.5. The summed E-state index contributed by atoms with van der Waals surface area (Å²) in [6.45, 7) is 0. The van der Waals surface area contributed by atoms with Gasteiger partial charge in [0.15, 0.2) is 0 Å². The number of nitrogens with one attached hydrogen (secondary N) is 4. The van der Waals surface area contributed by atoms with Crippen LogP contribution in [0.3, 0.4) is 0 Å². The summed E-state index contributed by atoms with van der Waals surface area (Å²) in [5.41, 5.74) is 1.08.